The second-order valence-electron chi connectivity index (χ2n) is 4.07. The number of halogens is 3. The Morgan fingerprint density at radius 3 is 2.50 bits per heavy atom. The van der Waals surface area contributed by atoms with E-state index in [-0.39, 0.29) is 10.6 Å². The zero-order valence-corrected chi connectivity index (χ0v) is 11.1. The molecule has 0 aliphatic rings. The van der Waals surface area contributed by atoms with E-state index in [0.717, 1.165) is 5.56 Å². The minimum Gasteiger partial charge on any atom is -0.383 e. The molecule has 0 fully saturated rings. The van der Waals surface area contributed by atoms with Gasteiger partial charge in [-0.2, -0.15) is 0 Å². The highest BCUT2D eigenvalue weighted by molar-refractivity contribution is 6.42. The fourth-order valence-corrected chi connectivity index (χ4v) is 2.16. The van der Waals surface area contributed by atoms with Crippen LogP contribution < -0.4 is 0 Å². The highest BCUT2D eigenvalue weighted by Gasteiger charge is 2.18. The summed E-state index contributed by atoms with van der Waals surface area (Å²) in [6, 6.07) is 9.56. The number of hydrogen-bond acceptors (Lipinski definition) is 1. The van der Waals surface area contributed by atoms with Crippen LogP contribution in [0.4, 0.5) is 4.39 Å². The van der Waals surface area contributed by atoms with Gasteiger partial charge in [0.05, 0.1) is 10.0 Å². The van der Waals surface area contributed by atoms with E-state index in [2.05, 4.69) is 0 Å². The molecule has 2 aromatic carbocycles. The number of rotatable bonds is 2. The summed E-state index contributed by atoms with van der Waals surface area (Å²) in [5.74, 6) is -0.460. The Morgan fingerprint density at radius 2 is 1.83 bits per heavy atom. The molecule has 0 spiro atoms. The number of aliphatic hydroxyl groups is 1. The largest absolute Gasteiger partial charge is 0.383 e. The van der Waals surface area contributed by atoms with Gasteiger partial charge in [0.1, 0.15) is 11.9 Å². The Hall–Kier alpha value is -1.09. The number of hydrogen-bond donors (Lipinski definition) is 1. The predicted molar refractivity (Wildman–Crippen MR) is 71.7 cm³/mol. The van der Waals surface area contributed by atoms with E-state index < -0.39 is 11.9 Å². The molecule has 2 rings (SSSR count). The van der Waals surface area contributed by atoms with Crippen LogP contribution in [-0.2, 0) is 0 Å². The van der Waals surface area contributed by atoms with Gasteiger partial charge in [-0.05, 0) is 24.6 Å². The van der Waals surface area contributed by atoms with Crippen LogP contribution in [0.25, 0.3) is 0 Å². The summed E-state index contributed by atoms with van der Waals surface area (Å²) in [5, 5.41) is 10.8. The van der Waals surface area contributed by atoms with Gasteiger partial charge in [0.15, 0.2) is 0 Å². The SMILES string of the molecule is Cc1ccc(C(O)c2cccc(Cl)c2Cl)c(F)c1. The van der Waals surface area contributed by atoms with Crippen molar-refractivity contribution in [2.24, 2.45) is 0 Å². The smallest absolute Gasteiger partial charge is 0.129 e. The van der Waals surface area contributed by atoms with Crippen molar-refractivity contribution in [2.75, 3.05) is 0 Å². The lowest BCUT2D eigenvalue weighted by Crippen LogP contribution is -2.03. The molecule has 0 radical (unpaired) electrons. The summed E-state index contributed by atoms with van der Waals surface area (Å²) < 4.78 is 13.8. The Morgan fingerprint density at radius 1 is 1.11 bits per heavy atom. The molecule has 1 N–H and O–H groups in total. The van der Waals surface area contributed by atoms with Crippen molar-refractivity contribution >= 4 is 23.2 Å². The molecule has 0 amide bonds. The van der Waals surface area contributed by atoms with Gasteiger partial charge in [0.25, 0.3) is 0 Å². The van der Waals surface area contributed by atoms with Crippen molar-refractivity contribution in [2.45, 2.75) is 13.0 Å². The van der Waals surface area contributed by atoms with Gasteiger partial charge < -0.3 is 5.11 Å². The van der Waals surface area contributed by atoms with E-state index in [4.69, 9.17) is 23.2 Å². The topological polar surface area (TPSA) is 20.2 Å². The number of benzene rings is 2. The predicted octanol–water partition coefficient (Wildman–Crippen LogP) is 4.52. The quantitative estimate of drug-likeness (QED) is 0.860. The third kappa shape index (κ3) is 2.51. The fourth-order valence-electron chi connectivity index (χ4n) is 1.75. The van der Waals surface area contributed by atoms with Crippen molar-refractivity contribution in [1.82, 2.24) is 0 Å². The molecule has 1 atom stereocenters. The molecule has 94 valence electrons. The molecule has 1 unspecified atom stereocenters. The molecule has 4 heteroatoms. The van der Waals surface area contributed by atoms with Gasteiger partial charge in [0, 0.05) is 11.1 Å². The second kappa shape index (κ2) is 5.27. The zero-order valence-electron chi connectivity index (χ0n) is 9.62. The molecule has 0 saturated heterocycles. The Labute approximate surface area is 115 Å². The molecule has 0 aliphatic carbocycles. The van der Waals surface area contributed by atoms with Crippen molar-refractivity contribution in [1.29, 1.82) is 0 Å². The van der Waals surface area contributed by atoms with E-state index in [9.17, 15) is 9.50 Å². The number of aryl methyl sites for hydroxylation is 1. The van der Waals surface area contributed by atoms with Gasteiger partial charge in [-0.1, -0.05) is 47.5 Å². The average molecular weight is 285 g/mol. The molecular formula is C14H11Cl2FO. The molecule has 0 heterocycles. The van der Waals surface area contributed by atoms with E-state index in [1.54, 1.807) is 37.3 Å². The van der Waals surface area contributed by atoms with Crippen LogP contribution in [0.2, 0.25) is 10.0 Å². The highest BCUT2D eigenvalue weighted by atomic mass is 35.5. The lowest BCUT2D eigenvalue weighted by molar-refractivity contribution is 0.215. The first kappa shape index (κ1) is 13.3. The van der Waals surface area contributed by atoms with Crippen molar-refractivity contribution in [3.63, 3.8) is 0 Å². The van der Waals surface area contributed by atoms with Crippen LogP contribution in [0.1, 0.15) is 22.8 Å². The van der Waals surface area contributed by atoms with Gasteiger partial charge in [-0.3, -0.25) is 0 Å². The lowest BCUT2D eigenvalue weighted by Gasteiger charge is -2.15. The second-order valence-corrected chi connectivity index (χ2v) is 4.86. The standard InChI is InChI=1S/C14H11Cl2FO/c1-8-5-6-9(12(17)7-8)14(18)10-3-2-4-11(15)13(10)16/h2-7,14,18H,1H3. The molecule has 0 aliphatic heterocycles. The maximum absolute atomic E-state index is 13.8. The maximum atomic E-state index is 13.8. The summed E-state index contributed by atoms with van der Waals surface area (Å²) in [7, 11) is 0. The van der Waals surface area contributed by atoms with Crippen LogP contribution in [0, 0.1) is 12.7 Å². The molecular weight excluding hydrogens is 274 g/mol. The third-order valence-corrected chi connectivity index (χ3v) is 3.56. The minimum atomic E-state index is -1.13. The van der Waals surface area contributed by atoms with Crippen LogP contribution >= 0.6 is 23.2 Å². The Bertz CT molecular complexity index is 584. The monoisotopic (exact) mass is 284 g/mol. The molecule has 0 bridgehead atoms. The van der Waals surface area contributed by atoms with Gasteiger partial charge in [-0.25, -0.2) is 4.39 Å². The molecule has 1 nitrogen and oxygen atoms in total. The van der Waals surface area contributed by atoms with E-state index >= 15 is 0 Å². The maximum Gasteiger partial charge on any atom is 0.129 e. The summed E-state index contributed by atoms with van der Waals surface area (Å²) in [6.45, 7) is 1.78. The van der Waals surface area contributed by atoms with E-state index in [0.29, 0.717) is 10.6 Å². The third-order valence-electron chi connectivity index (χ3n) is 2.73. The van der Waals surface area contributed by atoms with Gasteiger partial charge >= 0.3 is 0 Å². The summed E-state index contributed by atoms with van der Waals surface area (Å²) in [5.41, 5.74) is 1.37. The highest BCUT2D eigenvalue weighted by Crippen LogP contribution is 2.34. The van der Waals surface area contributed by atoms with Crippen molar-refractivity contribution in [3.05, 3.63) is 69.0 Å². The number of aliphatic hydroxyl groups excluding tert-OH is 1. The molecule has 18 heavy (non-hydrogen) atoms. The normalized spacial score (nSPS) is 12.5. The van der Waals surface area contributed by atoms with Crippen LogP contribution in [0.5, 0.6) is 0 Å². The van der Waals surface area contributed by atoms with E-state index in [1.807, 2.05) is 0 Å². The molecule has 0 aromatic heterocycles. The lowest BCUT2D eigenvalue weighted by atomic mass is 10.00. The summed E-state index contributed by atoms with van der Waals surface area (Å²) >= 11 is 11.9. The Kier molecular flexibility index (Phi) is 3.91. The first-order valence-electron chi connectivity index (χ1n) is 5.38. The minimum absolute atomic E-state index is 0.185. The first-order chi connectivity index (χ1) is 8.50. The van der Waals surface area contributed by atoms with Crippen LogP contribution in [-0.4, -0.2) is 5.11 Å². The van der Waals surface area contributed by atoms with E-state index in [1.165, 1.54) is 6.07 Å². The van der Waals surface area contributed by atoms with Crippen molar-refractivity contribution in [3.8, 4) is 0 Å². The van der Waals surface area contributed by atoms with Gasteiger partial charge in [-0.15, -0.1) is 0 Å². The fraction of sp³-hybridized carbons (Fsp3) is 0.143. The van der Waals surface area contributed by atoms with Crippen molar-refractivity contribution < 1.29 is 9.50 Å². The Balaban J connectivity index is 2.48. The van der Waals surface area contributed by atoms with Gasteiger partial charge in [0.2, 0.25) is 0 Å². The van der Waals surface area contributed by atoms with Crippen LogP contribution in [0.15, 0.2) is 36.4 Å². The zero-order chi connectivity index (χ0) is 13.3. The average Bonchev–Trinajstić information content (AvgIpc) is 2.32. The van der Waals surface area contributed by atoms with Crippen LogP contribution in [0.3, 0.4) is 0 Å². The molecule has 0 saturated carbocycles. The summed E-state index contributed by atoms with van der Waals surface area (Å²) in [4.78, 5) is 0. The summed E-state index contributed by atoms with van der Waals surface area (Å²) in [6.07, 6.45) is -1.13. The molecule has 2 aromatic rings. The first-order valence-corrected chi connectivity index (χ1v) is 6.14.